The molecule has 0 saturated carbocycles. The van der Waals surface area contributed by atoms with Gasteiger partial charge in [0.15, 0.2) is 0 Å². The molecule has 0 unspecified atom stereocenters. The van der Waals surface area contributed by atoms with Crippen molar-refractivity contribution in [2.45, 2.75) is 0 Å². The second kappa shape index (κ2) is 14.5. The maximum atomic E-state index is 6.80. The summed E-state index contributed by atoms with van der Waals surface area (Å²) in [6, 6.07) is 82.1. The highest BCUT2D eigenvalue weighted by atomic mass is 16.3. The zero-order chi connectivity index (χ0) is 42.1. The van der Waals surface area contributed by atoms with Gasteiger partial charge in [0, 0.05) is 60.3 Å². The van der Waals surface area contributed by atoms with Gasteiger partial charge in [-0.25, -0.2) is 0 Å². The van der Waals surface area contributed by atoms with Crippen LogP contribution in [0.15, 0.2) is 239 Å². The molecule has 300 valence electrons. The van der Waals surface area contributed by atoms with Crippen LogP contribution in [0.1, 0.15) is 0 Å². The van der Waals surface area contributed by atoms with E-state index < -0.39 is 0 Å². The highest BCUT2D eigenvalue weighted by Crippen LogP contribution is 2.48. The first-order chi connectivity index (χ1) is 31.8. The van der Waals surface area contributed by atoms with Gasteiger partial charge in [0.1, 0.15) is 22.3 Å². The summed E-state index contributed by atoms with van der Waals surface area (Å²) >= 11 is 0. The fraction of sp³-hybridized carbons (Fsp3) is 0. The Morgan fingerprint density at radius 1 is 0.328 bits per heavy atom. The van der Waals surface area contributed by atoms with Crippen LogP contribution in [0.25, 0.3) is 105 Å². The zero-order valence-electron chi connectivity index (χ0n) is 34.7. The van der Waals surface area contributed by atoms with E-state index in [0.29, 0.717) is 0 Å². The van der Waals surface area contributed by atoms with Crippen LogP contribution < -0.4 is 4.90 Å². The summed E-state index contributed by atoms with van der Waals surface area (Å²) in [5, 5.41) is 6.72. The second-order valence-corrected chi connectivity index (χ2v) is 16.4. The van der Waals surface area contributed by atoms with Crippen LogP contribution in [-0.4, -0.2) is 4.57 Å². The van der Waals surface area contributed by atoms with Gasteiger partial charge in [0.2, 0.25) is 0 Å². The minimum absolute atomic E-state index is 0.860. The molecule has 0 radical (unpaired) electrons. The van der Waals surface area contributed by atoms with Crippen molar-refractivity contribution >= 4 is 82.7 Å². The minimum Gasteiger partial charge on any atom is -0.455 e. The lowest BCUT2D eigenvalue weighted by Crippen LogP contribution is -2.11. The number of para-hydroxylation sites is 7. The summed E-state index contributed by atoms with van der Waals surface area (Å²) in [6.07, 6.45) is 0. The number of fused-ring (bicyclic) bond motifs is 9. The number of rotatable bonds is 7. The van der Waals surface area contributed by atoms with Gasteiger partial charge in [-0.1, -0.05) is 170 Å². The van der Waals surface area contributed by atoms with E-state index in [2.05, 4.69) is 222 Å². The fourth-order valence-corrected chi connectivity index (χ4v) is 10.0. The third-order valence-corrected chi connectivity index (χ3v) is 12.8. The fourth-order valence-electron chi connectivity index (χ4n) is 10.0. The summed E-state index contributed by atoms with van der Waals surface area (Å²) in [5.41, 5.74) is 16.5. The third-order valence-electron chi connectivity index (χ3n) is 12.8. The van der Waals surface area contributed by atoms with Crippen LogP contribution in [0.5, 0.6) is 0 Å². The van der Waals surface area contributed by atoms with E-state index in [-0.39, 0.29) is 0 Å². The smallest absolute Gasteiger partial charge is 0.143 e. The van der Waals surface area contributed by atoms with E-state index in [1.54, 1.807) is 0 Å². The lowest BCUT2D eigenvalue weighted by atomic mass is 9.95. The molecular weight excluding hydrogens is 781 g/mol. The molecule has 0 aliphatic heterocycles. The monoisotopic (exact) mass is 818 g/mol. The Morgan fingerprint density at radius 2 is 0.859 bits per heavy atom. The average molecular weight is 819 g/mol. The highest BCUT2D eigenvalue weighted by Gasteiger charge is 2.25. The van der Waals surface area contributed by atoms with Gasteiger partial charge in [-0.2, -0.15) is 0 Å². The van der Waals surface area contributed by atoms with E-state index in [1.807, 2.05) is 18.2 Å². The molecule has 3 heterocycles. The number of hydrogen-bond donors (Lipinski definition) is 0. The van der Waals surface area contributed by atoms with Gasteiger partial charge in [-0.05, 0) is 71.8 Å². The number of hydrogen-bond acceptors (Lipinski definition) is 3. The number of aromatic nitrogens is 1. The Kier molecular flexibility index (Phi) is 8.18. The molecule has 4 heteroatoms. The van der Waals surface area contributed by atoms with Crippen molar-refractivity contribution in [3.8, 4) is 39.1 Å². The Bertz CT molecular complexity index is 3910. The van der Waals surface area contributed by atoms with Crippen molar-refractivity contribution in [1.82, 2.24) is 4.57 Å². The zero-order valence-corrected chi connectivity index (χ0v) is 34.7. The lowest BCUT2D eigenvalue weighted by molar-refractivity contribution is 0.670. The van der Waals surface area contributed by atoms with E-state index in [4.69, 9.17) is 8.83 Å². The van der Waals surface area contributed by atoms with Crippen LogP contribution >= 0.6 is 0 Å². The van der Waals surface area contributed by atoms with Gasteiger partial charge in [-0.15, -0.1) is 0 Å². The van der Waals surface area contributed by atoms with Gasteiger partial charge in [0.25, 0.3) is 0 Å². The van der Waals surface area contributed by atoms with Crippen LogP contribution in [0.3, 0.4) is 0 Å². The van der Waals surface area contributed by atoms with Gasteiger partial charge in [-0.3, -0.25) is 0 Å². The molecule has 0 amide bonds. The predicted molar refractivity (Wildman–Crippen MR) is 266 cm³/mol. The van der Waals surface area contributed by atoms with Crippen LogP contribution in [0.2, 0.25) is 0 Å². The lowest BCUT2D eigenvalue weighted by Gasteiger charge is -2.28. The molecule has 0 bridgehead atoms. The van der Waals surface area contributed by atoms with Crippen molar-refractivity contribution in [3.05, 3.63) is 231 Å². The number of benzene rings is 10. The van der Waals surface area contributed by atoms with Gasteiger partial charge < -0.3 is 18.3 Å². The third kappa shape index (κ3) is 5.56. The normalized spacial score (nSPS) is 11.8. The van der Waals surface area contributed by atoms with Crippen LogP contribution in [0, 0.1) is 0 Å². The molecule has 0 aliphatic rings. The van der Waals surface area contributed by atoms with Crippen molar-refractivity contribution in [2.75, 3.05) is 4.90 Å². The Balaban J connectivity index is 1.11. The predicted octanol–water partition coefficient (Wildman–Crippen LogP) is 17.1. The Morgan fingerprint density at radius 3 is 1.61 bits per heavy atom. The molecule has 10 aromatic carbocycles. The second-order valence-electron chi connectivity index (χ2n) is 16.4. The molecule has 13 aromatic rings. The summed E-state index contributed by atoms with van der Waals surface area (Å²) in [6.45, 7) is 0. The minimum atomic E-state index is 0.860. The van der Waals surface area contributed by atoms with Crippen LogP contribution in [0.4, 0.5) is 17.1 Å². The van der Waals surface area contributed by atoms with Crippen molar-refractivity contribution < 1.29 is 8.83 Å². The largest absolute Gasteiger partial charge is 0.455 e. The molecule has 0 saturated heterocycles. The number of anilines is 3. The topological polar surface area (TPSA) is 34.5 Å². The molecule has 64 heavy (non-hydrogen) atoms. The summed E-state index contributed by atoms with van der Waals surface area (Å²) in [7, 11) is 0. The summed E-state index contributed by atoms with van der Waals surface area (Å²) in [5.74, 6) is 0. The van der Waals surface area contributed by atoms with E-state index >= 15 is 0 Å². The summed E-state index contributed by atoms with van der Waals surface area (Å²) in [4.78, 5) is 2.43. The molecule has 0 N–H and O–H groups in total. The SMILES string of the molecule is c1ccc(-c2ccccc2N(c2ccccc2)c2cccc3c2c2ccccc2n3-c2ccc(-c3cccc4c3oc3ccccc34)cc2-c2cccc3c2oc2ccccc23)cc1. The van der Waals surface area contributed by atoms with E-state index in [9.17, 15) is 0 Å². The molecule has 0 spiro atoms. The van der Waals surface area contributed by atoms with Crippen LogP contribution in [-0.2, 0) is 0 Å². The van der Waals surface area contributed by atoms with Crippen molar-refractivity contribution in [1.29, 1.82) is 0 Å². The standard InChI is InChI=1S/C60H38N2O2/c1-3-18-39(19-4-1)42-22-7-11-30-51(42)61(41-20-5-2-6-21-41)54-32-17-33-55-58(54)49-25-8-12-31-52(49)62(55)53-37-36-40(43-26-15-27-46-44-23-9-13-34-56(44)63-59(43)46)38-50(53)48-29-16-28-47-45-24-10-14-35-57(45)64-60(47)48/h1-38H. The molecule has 4 nitrogen and oxygen atoms in total. The van der Waals surface area contributed by atoms with Gasteiger partial charge in [0.05, 0.1) is 28.1 Å². The Labute approximate surface area is 369 Å². The van der Waals surface area contributed by atoms with Gasteiger partial charge >= 0.3 is 0 Å². The first-order valence-corrected chi connectivity index (χ1v) is 21.8. The number of furan rings is 2. The molecule has 13 rings (SSSR count). The quantitative estimate of drug-likeness (QED) is 0.161. The maximum absolute atomic E-state index is 6.80. The molecule has 0 atom stereocenters. The Hall–Kier alpha value is -8.60. The van der Waals surface area contributed by atoms with Crippen molar-refractivity contribution in [2.24, 2.45) is 0 Å². The number of nitrogens with zero attached hydrogens (tertiary/aromatic N) is 2. The first kappa shape index (κ1) is 36.1. The summed E-state index contributed by atoms with van der Waals surface area (Å²) < 4.78 is 15.9. The van der Waals surface area contributed by atoms with E-state index in [1.165, 1.54) is 0 Å². The van der Waals surface area contributed by atoms with Crippen molar-refractivity contribution in [3.63, 3.8) is 0 Å². The first-order valence-electron chi connectivity index (χ1n) is 21.8. The maximum Gasteiger partial charge on any atom is 0.143 e. The molecule has 0 aliphatic carbocycles. The van der Waals surface area contributed by atoms with E-state index in [0.717, 1.165) is 122 Å². The molecular formula is C60H38N2O2. The highest BCUT2D eigenvalue weighted by molar-refractivity contribution is 6.18. The molecule has 3 aromatic heterocycles. The average Bonchev–Trinajstić information content (AvgIpc) is 4.05. The molecule has 0 fully saturated rings.